The summed E-state index contributed by atoms with van der Waals surface area (Å²) in [5, 5.41) is 0. The standard InChI is InChI=1S/C12H10S2.C3H8O3S.Na/c1-3-7-11(8-4-1)13-14-12-9-5-2-6-10-12;1-2-3-7(4,5)6;/h1-10H;2-3H2,1H3,(H,4,5,6);/q;;+1/p-1. The van der Waals surface area contributed by atoms with Crippen molar-refractivity contribution in [2.45, 2.75) is 23.1 Å². The molecule has 2 rings (SSSR count). The molecule has 22 heavy (non-hydrogen) atoms. The second-order valence-electron chi connectivity index (χ2n) is 4.05. The summed E-state index contributed by atoms with van der Waals surface area (Å²) in [5.74, 6) is -0.243. The van der Waals surface area contributed by atoms with Gasteiger partial charge in [-0.1, -0.05) is 64.9 Å². The predicted octanol–water partition coefficient (Wildman–Crippen LogP) is 1.43. The van der Waals surface area contributed by atoms with Gasteiger partial charge in [-0.2, -0.15) is 0 Å². The number of rotatable bonds is 5. The normalized spacial score (nSPS) is 10.1. The van der Waals surface area contributed by atoms with E-state index in [1.54, 1.807) is 28.5 Å². The molecule has 0 aliphatic carbocycles. The molecule has 0 aliphatic rings. The molecule has 114 valence electrons. The van der Waals surface area contributed by atoms with Crippen molar-refractivity contribution in [3.05, 3.63) is 60.7 Å². The summed E-state index contributed by atoms with van der Waals surface area (Å²) in [4.78, 5) is 2.59. The monoisotopic (exact) mass is 364 g/mol. The molecule has 3 nitrogen and oxygen atoms in total. The molecule has 0 fully saturated rings. The van der Waals surface area contributed by atoms with Gasteiger partial charge in [0.2, 0.25) is 0 Å². The van der Waals surface area contributed by atoms with Crippen LogP contribution in [0.1, 0.15) is 13.3 Å². The van der Waals surface area contributed by atoms with E-state index in [9.17, 15) is 13.0 Å². The molecule has 0 amide bonds. The van der Waals surface area contributed by atoms with Crippen molar-refractivity contribution in [1.29, 1.82) is 0 Å². The van der Waals surface area contributed by atoms with Gasteiger partial charge in [0, 0.05) is 15.5 Å². The molecule has 2 aromatic rings. The largest absolute Gasteiger partial charge is 1.00 e. The molecule has 2 aromatic carbocycles. The van der Waals surface area contributed by atoms with Crippen LogP contribution in [0.5, 0.6) is 0 Å². The third-order valence-electron chi connectivity index (χ3n) is 2.17. The van der Waals surface area contributed by atoms with Crippen LogP contribution in [0.25, 0.3) is 0 Å². The van der Waals surface area contributed by atoms with Crippen molar-refractivity contribution < 1.29 is 42.5 Å². The Kier molecular flexibility index (Phi) is 12.5. The van der Waals surface area contributed by atoms with Gasteiger partial charge < -0.3 is 4.55 Å². The first-order valence-corrected chi connectivity index (χ1v) is 10.1. The molecule has 0 atom stereocenters. The Labute approximate surface area is 162 Å². The van der Waals surface area contributed by atoms with Gasteiger partial charge in [0.15, 0.2) is 0 Å². The van der Waals surface area contributed by atoms with Gasteiger partial charge in [0.05, 0.1) is 10.1 Å². The van der Waals surface area contributed by atoms with Gasteiger partial charge in [-0.15, -0.1) is 0 Å². The van der Waals surface area contributed by atoms with Gasteiger partial charge in [0.25, 0.3) is 0 Å². The van der Waals surface area contributed by atoms with Gasteiger partial charge in [-0.3, -0.25) is 0 Å². The fourth-order valence-corrected chi connectivity index (χ4v) is 3.77. The van der Waals surface area contributed by atoms with Crippen molar-refractivity contribution in [3.8, 4) is 0 Å². The molecule has 0 aromatic heterocycles. The molecule has 0 saturated heterocycles. The Morgan fingerprint density at radius 1 is 0.864 bits per heavy atom. The SMILES string of the molecule is CCCS(=O)(=O)[O-].[Na+].c1ccc(SSc2ccccc2)cc1. The molecular formula is C15H17NaO3S3. The molecule has 0 heterocycles. The van der Waals surface area contributed by atoms with E-state index in [1.165, 1.54) is 9.79 Å². The van der Waals surface area contributed by atoms with Crippen LogP contribution in [0.3, 0.4) is 0 Å². The number of benzene rings is 2. The van der Waals surface area contributed by atoms with Crippen LogP contribution in [-0.4, -0.2) is 18.7 Å². The summed E-state index contributed by atoms with van der Waals surface area (Å²) in [6, 6.07) is 20.8. The summed E-state index contributed by atoms with van der Waals surface area (Å²) in [6.45, 7) is 1.65. The second-order valence-corrected chi connectivity index (χ2v) is 7.85. The Morgan fingerprint density at radius 3 is 1.45 bits per heavy atom. The van der Waals surface area contributed by atoms with Crippen LogP contribution in [-0.2, 0) is 10.1 Å². The van der Waals surface area contributed by atoms with Gasteiger partial charge in [0.1, 0.15) is 0 Å². The molecule has 0 unspecified atom stereocenters. The number of hydrogen-bond acceptors (Lipinski definition) is 5. The Bertz CT molecular complexity index is 565. The summed E-state index contributed by atoms with van der Waals surface area (Å²) in [6.07, 6.45) is 0.409. The van der Waals surface area contributed by atoms with Crippen molar-refractivity contribution in [2.75, 3.05) is 5.75 Å². The molecular weight excluding hydrogens is 347 g/mol. The van der Waals surface area contributed by atoms with Crippen molar-refractivity contribution in [3.63, 3.8) is 0 Å². The number of hydrogen-bond donors (Lipinski definition) is 0. The Hall–Kier alpha value is 0.0500. The first-order valence-electron chi connectivity index (χ1n) is 6.39. The predicted molar refractivity (Wildman–Crippen MR) is 89.5 cm³/mol. The van der Waals surface area contributed by atoms with Crippen LogP contribution in [0.2, 0.25) is 0 Å². The smallest absolute Gasteiger partial charge is 0.748 e. The fourth-order valence-electron chi connectivity index (χ4n) is 1.30. The van der Waals surface area contributed by atoms with Crippen molar-refractivity contribution >= 4 is 31.7 Å². The quantitative estimate of drug-likeness (QED) is 0.456. The van der Waals surface area contributed by atoms with Gasteiger partial charge >= 0.3 is 29.6 Å². The van der Waals surface area contributed by atoms with Crippen LogP contribution in [0.4, 0.5) is 0 Å². The van der Waals surface area contributed by atoms with Crippen LogP contribution >= 0.6 is 21.6 Å². The van der Waals surface area contributed by atoms with E-state index >= 15 is 0 Å². The first kappa shape index (κ1) is 22.1. The van der Waals surface area contributed by atoms with E-state index in [4.69, 9.17) is 0 Å². The van der Waals surface area contributed by atoms with Crippen LogP contribution < -0.4 is 29.6 Å². The summed E-state index contributed by atoms with van der Waals surface area (Å²) < 4.78 is 29.0. The molecule has 0 radical (unpaired) electrons. The van der Waals surface area contributed by atoms with Gasteiger partial charge in [-0.05, 0) is 30.7 Å². The molecule has 0 N–H and O–H groups in total. The van der Waals surface area contributed by atoms with E-state index in [2.05, 4.69) is 48.5 Å². The molecule has 0 bridgehead atoms. The third kappa shape index (κ3) is 11.6. The second kappa shape index (κ2) is 12.5. The third-order valence-corrected chi connectivity index (χ3v) is 5.50. The van der Waals surface area contributed by atoms with E-state index in [1.807, 2.05) is 12.1 Å². The van der Waals surface area contributed by atoms with Crippen molar-refractivity contribution in [2.24, 2.45) is 0 Å². The summed E-state index contributed by atoms with van der Waals surface area (Å²) in [7, 11) is -0.344. The Morgan fingerprint density at radius 2 is 1.23 bits per heavy atom. The van der Waals surface area contributed by atoms with E-state index in [-0.39, 0.29) is 35.3 Å². The van der Waals surface area contributed by atoms with E-state index < -0.39 is 10.1 Å². The minimum atomic E-state index is -3.92. The maximum absolute atomic E-state index is 9.68. The van der Waals surface area contributed by atoms with Crippen molar-refractivity contribution in [1.82, 2.24) is 0 Å². The maximum Gasteiger partial charge on any atom is 1.00 e. The minimum absolute atomic E-state index is 0. The molecule has 0 saturated carbocycles. The first-order chi connectivity index (χ1) is 10.0. The maximum atomic E-state index is 9.68. The van der Waals surface area contributed by atoms with Crippen LogP contribution in [0.15, 0.2) is 70.5 Å². The topological polar surface area (TPSA) is 57.2 Å². The zero-order valence-electron chi connectivity index (χ0n) is 12.6. The summed E-state index contributed by atoms with van der Waals surface area (Å²) >= 11 is 0. The fraction of sp³-hybridized carbons (Fsp3) is 0.200. The van der Waals surface area contributed by atoms with E-state index in [0.29, 0.717) is 6.42 Å². The molecule has 7 heteroatoms. The Balaban J connectivity index is 0.000000478. The minimum Gasteiger partial charge on any atom is -0.748 e. The zero-order valence-corrected chi connectivity index (χ0v) is 17.1. The molecule has 0 spiro atoms. The average molecular weight is 364 g/mol. The summed E-state index contributed by atoms with van der Waals surface area (Å²) in [5.41, 5.74) is 0. The van der Waals surface area contributed by atoms with Gasteiger partial charge in [-0.25, -0.2) is 8.42 Å². The van der Waals surface area contributed by atoms with Crippen LogP contribution in [0, 0.1) is 0 Å². The molecule has 0 aliphatic heterocycles. The van der Waals surface area contributed by atoms with E-state index in [0.717, 1.165) is 0 Å². The average Bonchev–Trinajstić information content (AvgIpc) is 2.47. The zero-order chi connectivity index (χ0) is 15.6.